The third-order valence-electron chi connectivity index (χ3n) is 5.32. The summed E-state index contributed by atoms with van der Waals surface area (Å²) in [6.07, 6.45) is 7.50. The van der Waals surface area contributed by atoms with Crippen LogP contribution in [-0.4, -0.2) is 48.1 Å². The van der Waals surface area contributed by atoms with E-state index in [2.05, 4.69) is 10.2 Å². The van der Waals surface area contributed by atoms with E-state index in [0.717, 1.165) is 32.0 Å². The molecule has 0 aromatic heterocycles. The van der Waals surface area contributed by atoms with Crippen LogP contribution in [0.15, 0.2) is 18.2 Å². The average Bonchev–Trinajstić information content (AvgIpc) is 3.07. The predicted molar refractivity (Wildman–Crippen MR) is 100 cm³/mol. The topological polar surface area (TPSA) is 35.6 Å². The van der Waals surface area contributed by atoms with Crippen LogP contribution in [0.1, 0.15) is 38.5 Å². The SMILES string of the molecule is CN(C(=O)Nc1cc(Cl)cc(Cl)c1)C1CCN(C2CCCC2)CC1. The molecule has 1 aliphatic carbocycles. The van der Waals surface area contributed by atoms with Gasteiger partial charge in [-0.15, -0.1) is 0 Å². The molecule has 1 saturated carbocycles. The highest BCUT2D eigenvalue weighted by Crippen LogP contribution is 2.27. The number of nitrogens with zero attached hydrogens (tertiary/aromatic N) is 2. The first kappa shape index (κ1) is 17.8. The van der Waals surface area contributed by atoms with Gasteiger partial charge in [0.05, 0.1) is 0 Å². The van der Waals surface area contributed by atoms with Crippen LogP contribution in [0, 0.1) is 0 Å². The molecule has 1 heterocycles. The van der Waals surface area contributed by atoms with E-state index in [9.17, 15) is 4.79 Å². The lowest BCUT2D eigenvalue weighted by molar-refractivity contribution is 0.111. The second-order valence-electron chi connectivity index (χ2n) is 6.90. The molecule has 2 amide bonds. The second kappa shape index (κ2) is 7.94. The number of hydrogen-bond donors (Lipinski definition) is 1. The molecule has 132 valence electrons. The molecule has 0 spiro atoms. The molecular weight excluding hydrogens is 345 g/mol. The van der Waals surface area contributed by atoms with Crippen molar-refractivity contribution in [3.8, 4) is 0 Å². The molecule has 0 atom stereocenters. The number of anilines is 1. The van der Waals surface area contributed by atoms with E-state index in [-0.39, 0.29) is 12.1 Å². The fourth-order valence-corrected chi connectivity index (χ4v) is 4.44. The molecule has 2 aliphatic rings. The van der Waals surface area contributed by atoms with Gasteiger partial charge in [-0.3, -0.25) is 0 Å². The Labute approximate surface area is 154 Å². The van der Waals surface area contributed by atoms with Crippen molar-refractivity contribution in [2.75, 3.05) is 25.5 Å². The molecule has 1 aliphatic heterocycles. The van der Waals surface area contributed by atoms with Gasteiger partial charge in [-0.2, -0.15) is 0 Å². The molecular formula is C18H25Cl2N3O. The van der Waals surface area contributed by atoms with Gasteiger partial charge >= 0.3 is 6.03 Å². The molecule has 1 saturated heterocycles. The summed E-state index contributed by atoms with van der Waals surface area (Å²) >= 11 is 12.0. The maximum atomic E-state index is 12.5. The normalized spacial score (nSPS) is 20.3. The lowest BCUT2D eigenvalue weighted by Gasteiger charge is -2.39. The third-order valence-corrected chi connectivity index (χ3v) is 5.76. The average molecular weight is 370 g/mol. The summed E-state index contributed by atoms with van der Waals surface area (Å²) in [5.41, 5.74) is 0.632. The van der Waals surface area contributed by atoms with Crippen LogP contribution in [0.3, 0.4) is 0 Å². The second-order valence-corrected chi connectivity index (χ2v) is 7.78. The van der Waals surface area contributed by atoms with E-state index in [0.29, 0.717) is 15.7 Å². The molecule has 0 bridgehead atoms. The van der Waals surface area contributed by atoms with E-state index >= 15 is 0 Å². The lowest BCUT2D eigenvalue weighted by atomic mass is 10.0. The standard InChI is InChI=1S/C18H25Cl2N3O/c1-22(18(24)21-15-11-13(19)10-14(20)12-15)16-6-8-23(9-7-16)17-4-2-3-5-17/h10-12,16-17H,2-9H2,1H3,(H,21,24). The van der Waals surface area contributed by atoms with Crippen molar-refractivity contribution < 1.29 is 4.79 Å². The predicted octanol–water partition coefficient (Wildman–Crippen LogP) is 4.86. The summed E-state index contributed by atoms with van der Waals surface area (Å²) in [6, 6.07) is 6.04. The Morgan fingerprint density at radius 3 is 2.25 bits per heavy atom. The fourth-order valence-electron chi connectivity index (χ4n) is 3.91. The van der Waals surface area contributed by atoms with Crippen LogP contribution in [0.2, 0.25) is 10.0 Å². The number of benzene rings is 1. The molecule has 3 rings (SSSR count). The van der Waals surface area contributed by atoms with Crippen molar-refractivity contribution in [2.24, 2.45) is 0 Å². The molecule has 0 radical (unpaired) electrons. The zero-order chi connectivity index (χ0) is 17.1. The summed E-state index contributed by atoms with van der Waals surface area (Å²) in [5, 5.41) is 3.93. The Morgan fingerprint density at radius 2 is 1.67 bits per heavy atom. The number of carbonyl (C=O) groups is 1. The number of nitrogens with one attached hydrogen (secondary N) is 1. The first-order valence-corrected chi connectivity index (χ1v) is 9.52. The maximum absolute atomic E-state index is 12.5. The van der Waals surface area contributed by atoms with Gasteiger partial charge < -0.3 is 15.1 Å². The van der Waals surface area contributed by atoms with Gasteiger partial charge in [-0.1, -0.05) is 36.0 Å². The van der Waals surface area contributed by atoms with Crippen molar-refractivity contribution >= 4 is 34.9 Å². The number of urea groups is 1. The molecule has 2 fully saturated rings. The van der Waals surface area contributed by atoms with E-state index in [1.54, 1.807) is 18.2 Å². The first-order chi connectivity index (χ1) is 11.5. The number of rotatable bonds is 3. The Kier molecular flexibility index (Phi) is 5.90. The molecule has 1 aromatic rings. The highest BCUT2D eigenvalue weighted by atomic mass is 35.5. The lowest BCUT2D eigenvalue weighted by Crippen LogP contribution is -2.49. The molecule has 6 heteroatoms. The zero-order valence-electron chi connectivity index (χ0n) is 14.1. The molecule has 1 aromatic carbocycles. The molecule has 4 nitrogen and oxygen atoms in total. The Hall–Kier alpha value is -0.970. The van der Waals surface area contributed by atoms with Crippen LogP contribution in [0.5, 0.6) is 0 Å². The molecule has 1 N–H and O–H groups in total. The van der Waals surface area contributed by atoms with Crippen LogP contribution >= 0.6 is 23.2 Å². The molecule has 0 unspecified atom stereocenters. The van der Waals surface area contributed by atoms with Gasteiger partial charge in [0, 0.05) is 48.0 Å². The van der Waals surface area contributed by atoms with Crippen molar-refractivity contribution in [1.29, 1.82) is 0 Å². The van der Waals surface area contributed by atoms with Crippen molar-refractivity contribution in [2.45, 2.75) is 50.6 Å². The van der Waals surface area contributed by atoms with E-state index in [1.807, 2.05) is 11.9 Å². The number of halogens is 2. The van der Waals surface area contributed by atoms with Crippen LogP contribution in [0.4, 0.5) is 10.5 Å². The summed E-state index contributed by atoms with van der Waals surface area (Å²) < 4.78 is 0. The van der Waals surface area contributed by atoms with Crippen molar-refractivity contribution in [1.82, 2.24) is 9.80 Å². The number of carbonyl (C=O) groups excluding carboxylic acids is 1. The fraction of sp³-hybridized carbons (Fsp3) is 0.611. The minimum atomic E-state index is -0.104. The van der Waals surface area contributed by atoms with Gasteiger partial charge in [0.2, 0.25) is 0 Å². The number of hydrogen-bond acceptors (Lipinski definition) is 2. The third kappa shape index (κ3) is 4.35. The number of piperidine rings is 1. The Morgan fingerprint density at radius 1 is 1.08 bits per heavy atom. The summed E-state index contributed by atoms with van der Waals surface area (Å²) in [6.45, 7) is 2.19. The summed E-state index contributed by atoms with van der Waals surface area (Å²) in [4.78, 5) is 16.9. The summed E-state index contributed by atoms with van der Waals surface area (Å²) in [5.74, 6) is 0. The number of amides is 2. The van der Waals surface area contributed by atoms with Gasteiger partial charge in [0.15, 0.2) is 0 Å². The zero-order valence-corrected chi connectivity index (χ0v) is 15.6. The largest absolute Gasteiger partial charge is 0.325 e. The smallest absolute Gasteiger partial charge is 0.321 e. The van der Waals surface area contributed by atoms with Gasteiger partial charge in [0.25, 0.3) is 0 Å². The van der Waals surface area contributed by atoms with Crippen LogP contribution in [-0.2, 0) is 0 Å². The van der Waals surface area contributed by atoms with Gasteiger partial charge in [-0.05, 0) is 43.9 Å². The minimum Gasteiger partial charge on any atom is -0.325 e. The van der Waals surface area contributed by atoms with Crippen molar-refractivity contribution in [3.63, 3.8) is 0 Å². The van der Waals surface area contributed by atoms with E-state index in [4.69, 9.17) is 23.2 Å². The van der Waals surface area contributed by atoms with Crippen LogP contribution < -0.4 is 5.32 Å². The Bertz CT molecular complexity index is 561. The van der Waals surface area contributed by atoms with Crippen molar-refractivity contribution in [3.05, 3.63) is 28.2 Å². The quantitative estimate of drug-likeness (QED) is 0.825. The molecule has 24 heavy (non-hydrogen) atoms. The number of likely N-dealkylation sites (tertiary alicyclic amines) is 1. The maximum Gasteiger partial charge on any atom is 0.321 e. The minimum absolute atomic E-state index is 0.104. The Balaban J connectivity index is 1.52. The highest BCUT2D eigenvalue weighted by Gasteiger charge is 2.30. The highest BCUT2D eigenvalue weighted by molar-refractivity contribution is 6.35. The monoisotopic (exact) mass is 369 g/mol. The van der Waals surface area contributed by atoms with Gasteiger partial charge in [0.1, 0.15) is 0 Å². The van der Waals surface area contributed by atoms with Crippen LogP contribution in [0.25, 0.3) is 0 Å². The first-order valence-electron chi connectivity index (χ1n) is 8.77. The van der Waals surface area contributed by atoms with Gasteiger partial charge in [-0.25, -0.2) is 4.79 Å². The van der Waals surface area contributed by atoms with E-state index < -0.39 is 0 Å². The summed E-state index contributed by atoms with van der Waals surface area (Å²) in [7, 11) is 1.87. The van der Waals surface area contributed by atoms with E-state index in [1.165, 1.54) is 25.7 Å².